The van der Waals surface area contributed by atoms with Gasteiger partial charge < -0.3 is 10.2 Å². The van der Waals surface area contributed by atoms with Gasteiger partial charge in [-0.25, -0.2) is 4.68 Å². The van der Waals surface area contributed by atoms with E-state index in [1.165, 1.54) is 0 Å². The molecule has 2 aromatic rings. The lowest BCUT2D eigenvalue weighted by molar-refractivity contribution is -0.384. The fourth-order valence-corrected chi connectivity index (χ4v) is 3.36. The van der Waals surface area contributed by atoms with Gasteiger partial charge in [-0.05, 0) is 25.8 Å². The molecule has 1 amide bonds. The van der Waals surface area contributed by atoms with Crippen LogP contribution < -0.4 is 10.2 Å². The first-order valence-corrected chi connectivity index (χ1v) is 8.12. The molecule has 0 aromatic carbocycles. The molecule has 1 N–H and O–H groups in total. The van der Waals surface area contributed by atoms with Crippen molar-refractivity contribution in [3.05, 3.63) is 33.8 Å². The van der Waals surface area contributed by atoms with Crippen molar-refractivity contribution in [2.45, 2.75) is 25.8 Å². The van der Waals surface area contributed by atoms with E-state index < -0.39 is 0 Å². The molecule has 0 radical (unpaired) electrons. The van der Waals surface area contributed by atoms with Gasteiger partial charge in [0.2, 0.25) is 5.82 Å². The highest BCUT2D eigenvalue weighted by atomic mass is 16.6. The number of amides is 1. The molecule has 0 saturated carbocycles. The largest absolute Gasteiger partial charge is 0.354 e. The summed E-state index contributed by atoms with van der Waals surface area (Å²) in [6, 6.07) is 1.72. The van der Waals surface area contributed by atoms with Gasteiger partial charge in [-0.2, -0.15) is 10.2 Å². The molecule has 3 heterocycles. The first kappa shape index (κ1) is 16.9. The zero-order chi connectivity index (χ0) is 18.1. The zero-order valence-electron chi connectivity index (χ0n) is 14.5. The van der Waals surface area contributed by atoms with Crippen LogP contribution in [0.3, 0.4) is 0 Å². The predicted molar refractivity (Wildman–Crippen MR) is 90.7 cm³/mol. The van der Waals surface area contributed by atoms with Crippen molar-refractivity contribution in [2.75, 3.05) is 25.0 Å². The number of nitro groups is 1. The molecule has 1 unspecified atom stereocenters. The SMILES string of the molecule is CNC(=O)c1ccn(C2CCCN(c3c([N+](=O)[O-])c(C)nn3C)C2)n1. The number of piperidine rings is 1. The lowest BCUT2D eigenvalue weighted by Gasteiger charge is -2.33. The van der Waals surface area contributed by atoms with Gasteiger partial charge in [-0.15, -0.1) is 0 Å². The molecule has 0 spiro atoms. The smallest absolute Gasteiger partial charge is 0.333 e. The number of nitrogens with one attached hydrogen (secondary N) is 1. The van der Waals surface area contributed by atoms with E-state index in [9.17, 15) is 14.9 Å². The number of hydrogen-bond donors (Lipinski definition) is 1. The summed E-state index contributed by atoms with van der Waals surface area (Å²) in [5.74, 6) is 0.287. The van der Waals surface area contributed by atoms with Gasteiger partial charge in [0.15, 0.2) is 0 Å². The third-order valence-electron chi connectivity index (χ3n) is 4.48. The minimum Gasteiger partial charge on any atom is -0.354 e. The number of rotatable bonds is 4. The molecule has 0 aliphatic carbocycles. The summed E-state index contributed by atoms with van der Waals surface area (Å²) in [4.78, 5) is 24.7. The second-order valence-electron chi connectivity index (χ2n) is 6.14. The van der Waals surface area contributed by atoms with Gasteiger partial charge in [-0.1, -0.05) is 0 Å². The van der Waals surface area contributed by atoms with E-state index >= 15 is 0 Å². The van der Waals surface area contributed by atoms with Crippen LogP contribution in [0.25, 0.3) is 0 Å². The molecule has 1 aliphatic heterocycles. The van der Waals surface area contributed by atoms with E-state index in [2.05, 4.69) is 15.5 Å². The molecule has 0 bridgehead atoms. The van der Waals surface area contributed by atoms with Crippen molar-refractivity contribution in [1.82, 2.24) is 24.9 Å². The van der Waals surface area contributed by atoms with Crippen LogP contribution in [0.15, 0.2) is 12.3 Å². The van der Waals surface area contributed by atoms with Crippen LogP contribution in [-0.4, -0.2) is 50.5 Å². The Labute approximate surface area is 144 Å². The molecule has 10 heteroatoms. The summed E-state index contributed by atoms with van der Waals surface area (Å²) in [6.07, 6.45) is 3.55. The first-order valence-electron chi connectivity index (χ1n) is 8.12. The summed E-state index contributed by atoms with van der Waals surface area (Å²) < 4.78 is 3.33. The molecule has 134 valence electrons. The van der Waals surface area contributed by atoms with Gasteiger partial charge in [0.25, 0.3) is 5.91 Å². The summed E-state index contributed by atoms with van der Waals surface area (Å²) in [7, 11) is 3.28. The molecule has 3 rings (SSSR count). The molecule has 10 nitrogen and oxygen atoms in total. The Morgan fingerprint density at radius 2 is 2.20 bits per heavy atom. The Morgan fingerprint density at radius 1 is 1.44 bits per heavy atom. The third kappa shape index (κ3) is 3.06. The second kappa shape index (κ2) is 6.54. The zero-order valence-corrected chi connectivity index (χ0v) is 14.5. The molecular formula is C15H21N7O3. The van der Waals surface area contributed by atoms with Crippen LogP contribution in [0, 0.1) is 17.0 Å². The van der Waals surface area contributed by atoms with E-state index in [1.807, 2.05) is 4.90 Å². The van der Waals surface area contributed by atoms with Crippen molar-refractivity contribution < 1.29 is 9.72 Å². The Hall–Kier alpha value is -2.91. The van der Waals surface area contributed by atoms with Gasteiger partial charge in [-0.3, -0.25) is 19.6 Å². The first-order chi connectivity index (χ1) is 11.9. The minimum absolute atomic E-state index is 0.0435. The molecular weight excluding hydrogens is 326 g/mol. The molecule has 1 atom stereocenters. The number of carbonyl (C=O) groups excluding carboxylic acids is 1. The quantitative estimate of drug-likeness (QED) is 0.653. The summed E-state index contributed by atoms with van der Waals surface area (Å²) in [5, 5.41) is 22.5. The van der Waals surface area contributed by atoms with Crippen molar-refractivity contribution >= 4 is 17.4 Å². The summed E-state index contributed by atoms with van der Waals surface area (Å²) in [5.41, 5.74) is 0.822. The van der Waals surface area contributed by atoms with Crippen LogP contribution in [0.1, 0.15) is 35.1 Å². The van der Waals surface area contributed by atoms with E-state index in [-0.39, 0.29) is 22.6 Å². The van der Waals surface area contributed by atoms with E-state index in [1.54, 1.807) is 42.6 Å². The summed E-state index contributed by atoms with van der Waals surface area (Å²) in [6.45, 7) is 2.95. The monoisotopic (exact) mass is 347 g/mol. The normalized spacial score (nSPS) is 17.6. The van der Waals surface area contributed by atoms with Crippen molar-refractivity contribution in [3.8, 4) is 0 Å². The van der Waals surface area contributed by atoms with Gasteiger partial charge in [0.1, 0.15) is 11.4 Å². The van der Waals surface area contributed by atoms with Crippen LogP contribution in [-0.2, 0) is 7.05 Å². The molecule has 1 saturated heterocycles. The van der Waals surface area contributed by atoms with E-state index in [0.29, 0.717) is 23.8 Å². The number of anilines is 1. The molecule has 25 heavy (non-hydrogen) atoms. The summed E-state index contributed by atoms with van der Waals surface area (Å²) >= 11 is 0. The second-order valence-corrected chi connectivity index (χ2v) is 6.14. The fourth-order valence-electron chi connectivity index (χ4n) is 3.36. The van der Waals surface area contributed by atoms with Crippen molar-refractivity contribution in [1.29, 1.82) is 0 Å². The van der Waals surface area contributed by atoms with E-state index in [0.717, 1.165) is 19.4 Å². The van der Waals surface area contributed by atoms with E-state index in [4.69, 9.17) is 0 Å². The fraction of sp³-hybridized carbons (Fsp3) is 0.533. The Kier molecular flexibility index (Phi) is 4.43. The number of aromatic nitrogens is 4. The Bertz CT molecular complexity index is 810. The minimum atomic E-state index is -0.376. The maximum absolute atomic E-state index is 11.7. The number of nitrogens with zero attached hydrogens (tertiary/aromatic N) is 6. The molecule has 1 aliphatic rings. The lowest BCUT2D eigenvalue weighted by Crippen LogP contribution is -2.38. The maximum Gasteiger partial charge on any atom is 0.333 e. The van der Waals surface area contributed by atoms with Gasteiger partial charge in [0.05, 0.1) is 11.0 Å². The maximum atomic E-state index is 11.7. The van der Waals surface area contributed by atoms with Gasteiger partial charge in [0, 0.05) is 33.4 Å². The number of hydrogen-bond acceptors (Lipinski definition) is 6. The number of aryl methyl sites for hydroxylation is 2. The topological polar surface area (TPSA) is 111 Å². The van der Waals surface area contributed by atoms with Crippen LogP contribution in [0.2, 0.25) is 0 Å². The highest BCUT2D eigenvalue weighted by Gasteiger charge is 2.32. The third-order valence-corrected chi connectivity index (χ3v) is 4.48. The predicted octanol–water partition coefficient (Wildman–Crippen LogP) is 1.03. The molecule has 1 fully saturated rings. The van der Waals surface area contributed by atoms with Crippen LogP contribution in [0.5, 0.6) is 0 Å². The van der Waals surface area contributed by atoms with Crippen molar-refractivity contribution in [2.24, 2.45) is 7.05 Å². The number of carbonyl (C=O) groups is 1. The Balaban J connectivity index is 1.86. The van der Waals surface area contributed by atoms with Crippen LogP contribution >= 0.6 is 0 Å². The van der Waals surface area contributed by atoms with Crippen molar-refractivity contribution in [3.63, 3.8) is 0 Å². The molecule has 2 aromatic heterocycles. The Morgan fingerprint density at radius 3 is 2.88 bits per heavy atom. The highest BCUT2D eigenvalue weighted by Crippen LogP contribution is 2.34. The van der Waals surface area contributed by atoms with Crippen LogP contribution in [0.4, 0.5) is 11.5 Å². The standard InChI is InChI=1S/C15H21N7O3/c1-10-13(22(24)25)15(19(3)17-10)20-7-4-5-11(9-20)21-8-6-12(18-21)14(23)16-2/h6,8,11H,4-5,7,9H2,1-3H3,(H,16,23). The van der Waals surface area contributed by atoms with Gasteiger partial charge >= 0.3 is 5.69 Å². The highest BCUT2D eigenvalue weighted by molar-refractivity contribution is 5.91. The average Bonchev–Trinajstić information content (AvgIpc) is 3.18. The lowest BCUT2D eigenvalue weighted by atomic mass is 10.1. The average molecular weight is 347 g/mol.